The molecule has 1 N–H and O–H groups in total. The Morgan fingerprint density at radius 3 is 2.62 bits per heavy atom. The third-order valence-electron chi connectivity index (χ3n) is 3.93. The van der Waals surface area contributed by atoms with Gasteiger partial charge in [0, 0.05) is 13.0 Å². The van der Waals surface area contributed by atoms with E-state index in [9.17, 15) is 14.4 Å². The van der Waals surface area contributed by atoms with Gasteiger partial charge in [-0.05, 0) is 18.4 Å². The number of hydrogen-bond acceptors (Lipinski definition) is 4. The molecule has 1 aromatic carbocycles. The van der Waals surface area contributed by atoms with Gasteiger partial charge in [0.2, 0.25) is 11.8 Å². The average molecular weight is 332 g/mol. The number of carbonyl (C=O) groups excluding carboxylic acids is 3. The fourth-order valence-corrected chi connectivity index (χ4v) is 2.57. The second-order valence-corrected chi connectivity index (χ2v) is 5.90. The molecule has 1 saturated heterocycles. The quantitative estimate of drug-likeness (QED) is 0.804. The van der Waals surface area contributed by atoms with Crippen LogP contribution in [0, 0.1) is 0 Å². The zero-order chi connectivity index (χ0) is 17.2. The molecule has 2 rings (SSSR count). The van der Waals surface area contributed by atoms with Crippen LogP contribution in [0.2, 0.25) is 0 Å². The first-order valence-electron chi connectivity index (χ1n) is 8.39. The summed E-state index contributed by atoms with van der Waals surface area (Å²) in [5.74, 6) is -0.816. The summed E-state index contributed by atoms with van der Waals surface area (Å²) >= 11 is 0. The molecule has 1 aromatic rings. The SMILES string of the molecule is O=C(CN1CCCCCCC1=O)NCC(=O)OCc1ccccc1. The minimum atomic E-state index is -0.494. The highest BCUT2D eigenvalue weighted by Crippen LogP contribution is 2.11. The summed E-state index contributed by atoms with van der Waals surface area (Å²) in [4.78, 5) is 37.1. The predicted octanol–water partition coefficient (Wildman–Crippen LogP) is 1.64. The lowest BCUT2D eigenvalue weighted by molar-refractivity contribution is -0.145. The summed E-state index contributed by atoms with van der Waals surface area (Å²) in [7, 11) is 0. The van der Waals surface area contributed by atoms with Crippen molar-refractivity contribution in [3.05, 3.63) is 35.9 Å². The van der Waals surface area contributed by atoms with Gasteiger partial charge < -0.3 is 15.0 Å². The van der Waals surface area contributed by atoms with E-state index in [1.807, 2.05) is 30.3 Å². The zero-order valence-electron chi connectivity index (χ0n) is 13.8. The molecule has 0 radical (unpaired) electrons. The van der Waals surface area contributed by atoms with Crippen LogP contribution in [0.4, 0.5) is 0 Å². The Morgan fingerprint density at radius 2 is 1.83 bits per heavy atom. The van der Waals surface area contributed by atoms with Crippen LogP contribution in [0.25, 0.3) is 0 Å². The number of carbonyl (C=O) groups is 3. The topological polar surface area (TPSA) is 75.7 Å². The van der Waals surface area contributed by atoms with Crippen molar-refractivity contribution in [3.63, 3.8) is 0 Å². The number of hydrogen-bond donors (Lipinski definition) is 1. The molecule has 1 heterocycles. The van der Waals surface area contributed by atoms with Gasteiger partial charge in [-0.15, -0.1) is 0 Å². The first-order valence-corrected chi connectivity index (χ1v) is 8.39. The van der Waals surface area contributed by atoms with E-state index in [4.69, 9.17) is 4.74 Å². The fraction of sp³-hybridized carbons (Fsp3) is 0.500. The summed E-state index contributed by atoms with van der Waals surface area (Å²) in [5.41, 5.74) is 0.892. The van der Waals surface area contributed by atoms with E-state index in [1.165, 1.54) is 0 Å². The number of rotatable bonds is 6. The van der Waals surface area contributed by atoms with Crippen molar-refractivity contribution >= 4 is 17.8 Å². The van der Waals surface area contributed by atoms with Crippen LogP contribution in [-0.2, 0) is 25.7 Å². The number of ether oxygens (including phenoxy) is 1. The third-order valence-corrected chi connectivity index (χ3v) is 3.93. The first kappa shape index (κ1) is 18.0. The summed E-state index contributed by atoms with van der Waals surface area (Å²) in [5, 5.41) is 2.52. The molecule has 1 aliphatic heterocycles. The lowest BCUT2D eigenvalue weighted by Crippen LogP contribution is -2.43. The van der Waals surface area contributed by atoms with Gasteiger partial charge in [0.05, 0.1) is 6.54 Å². The summed E-state index contributed by atoms with van der Waals surface area (Å²) < 4.78 is 5.09. The monoisotopic (exact) mass is 332 g/mol. The van der Waals surface area contributed by atoms with Crippen LogP contribution in [0.15, 0.2) is 30.3 Å². The number of amides is 2. The zero-order valence-corrected chi connectivity index (χ0v) is 13.8. The Hall–Kier alpha value is -2.37. The molecular weight excluding hydrogens is 308 g/mol. The molecule has 0 atom stereocenters. The molecule has 2 amide bonds. The Kier molecular flexibility index (Phi) is 7.26. The van der Waals surface area contributed by atoms with Gasteiger partial charge in [-0.25, -0.2) is 0 Å². The number of esters is 1. The maximum absolute atomic E-state index is 12.0. The number of benzene rings is 1. The average Bonchev–Trinajstić information content (AvgIpc) is 2.59. The van der Waals surface area contributed by atoms with Crippen molar-refractivity contribution in [3.8, 4) is 0 Å². The van der Waals surface area contributed by atoms with Crippen molar-refractivity contribution in [1.82, 2.24) is 10.2 Å². The highest BCUT2D eigenvalue weighted by molar-refractivity contribution is 5.87. The van der Waals surface area contributed by atoms with E-state index in [0.29, 0.717) is 13.0 Å². The summed E-state index contributed by atoms with van der Waals surface area (Å²) in [6, 6.07) is 9.34. The van der Waals surface area contributed by atoms with Crippen LogP contribution >= 0.6 is 0 Å². The molecule has 130 valence electrons. The molecule has 1 aliphatic rings. The molecule has 6 nitrogen and oxygen atoms in total. The van der Waals surface area contributed by atoms with Gasteiger partial charge in [0.1, 0.15) is 13.2 Å². The van der Waals surface area contributed by atoms with E-state index >= 15 is 0 Å². The maximum Gasteiger partial charge on any atom is 0.325 e. The van der Waals surface area contributed by atoms with Gasteiger partial charge in [0.15, 0.2) is 0 Å². The standard InChI is InChI=1S/C18H24N2O4/c21-16(13-20-11-7-2-1-6-10-17(20)22)19-12-18(23)24-14-15-8-4-3-5-9-15/h3-5,8-9H,1-2,6-7,10-14H2,(H,19,21). The molecule has 24 heavy (non-hydrogen) atoms. The van der Waals surface area contributed by atoms with Crippen molar-refractivity contribution in [2.45, 2.75) is 38.7 Å². The second-order valence-electron chi connectivity index (χ2n) is 5.90. The molecule has 0 spiro atoms. The minimum absolute atomic E-state index is 0.00476. The summed E-state index contributed by atoms with van der Waals surface area (Å²) in [6.07, 6.45) is 4.43. The van der Waals surface area contributed by atoms with Gasteiger partial charge in [-0.3, -0.25) is 14.4 Å². The predicted molar refractivity (Wildman–Crippen MR) is 88.9 cm³/mol. The molecule has 6 heteroatoms. The van der Waals surface area contributed by atoms with Crippen molar-refractivity contribution in [2.24, 2.45) is 0 Å². The lowest BCUT2D eigenvalue weighted by Gasteiger charge is -2.24. The van der Waals surface area contributed by atoms with Crippen LogP contribution in [0.1, 0.15) is 37.7 Å². The molecular formula is C18H24N2O4. The Bertz CT molecular complexity index is 559. The van der Waals surface area contributed by atoms with Gasteiger partial charge in [-0.2, -0.15) is 0 Å². The van der Waals surface area contributed by atoms with E-state index in [0.717, 1.165) is 31.2 Å². The van der Waals surface area contributed by atoms with E-state index in [-0.39, 0.29) is 31.5 Å². The van der Waals surface area contributed by atoms with Gasteiger partial charge in [0.25, 0.3) is 0 Å². The minimum Gasteiger partial charge on any atom is -0.460 e. The smallest absolute Gasteiger partial charge is 0.325 e. The number of likely N-dealkylation sites (tertiary alicyclic amines) is 1. The molecule has 0 unspecified atom stereocenters. The molecule has 0 aliphatic carbocycles. The van der Waals surface area contributed by atoms with E-state index < -0.39 is 5.97 Å². The summed E-state index contributed by atoms with van der Waals surface area (Å²) in [6.45, 7) is 0.601. The normalized spacial score (nSPS) is 15.3. The molecule has 0 bridgehead atoms. The number of nitrogens with one attached hydrogen (secondary N) is 1. The van der Waals surface area contributed by atoms with Gasteiger partial charge in [-0.1, -0.05) is 43.2 Å². The highest BCUT2D eigenvalue weighted by atomic mass is 16.5. The molecule has 1 fully saturated rings. The van der Waals surface area contributed by atoms with Crippen LogP contribution in [-0.4, -0.2) is 42.3 Å². The first-order chi connectivity index (χ1) is 11.6. The Labute approximate surface area is 142 Å². The van der Waals surface area contributed by atoms with Crippen LogP contribution in [0.5, 0.6) is 0 Å². The fourth-order valence-electron chi connectivity index (χ4n) is 2.57. The van der Waals surface area contributed by atoms with Crippen molar-refractivity contribution < 1.29 is 19.1 Å². The second kappa shape index (κ2) is 9.70. The van der Waals surface area contributed by atoms with Crippen molar-refractivity contribution in [2.75, 3.05) is 19.6 Å². The molecule has 0 aromatic heterocycles. The van der Waals surface area contributed by atoms with Crippen LogP contribution < -0.4 is 5.32 Å². The largest absolute Gasteiger partial charge is 0.460 e. The highest BCUT2D eigenvalue weighted by Gasteiger charge is 2.18. The maximum atomic E-state index is 12.0. The molecule has 0 saturated carbocycles. The van der Waals surface area contributed by atoms with Crippen molar-refractivity contribution in [1.29, 1.82) is 0 Å². The van der Waals surface area contributed by atoms with Gasteiger partial charge >= 0.3 is 5.97 Å². The third kappa shape index (κ3) is 6.40. The lowest BCUT2D eigenvalue weighted by atomic mass is 10.1. The Balaban J connectivity index is 1.68. The van der Waals surface area contributed by atoms with E-state index in [1.54, 1.807) is 4.90 Å². The van der Waals surface area contributed by atoms with E-state index in [2.05, 4.69) is 5.32 Å². The Morgan fingerprint density at radius 1 is 1.08 bits per heavy atom. The van der Waals surface area contributed by atoms with Crippen LogP contribution in [0.3, 0.4) is 0 Å². The number of nitrogens with zero attached hydrogens (tertiary/aromatic N) is 1.